The van der Waals surface area contributed by atoms with Crippen LogP contribution in [0.2, 0.25) is 0 Å². The number of carbonyl (C=O) groups is 1. The molecule has 1 aromatic heterocycles. The first kappa shape index (κ1) is 16.8. The van der Waals surface area contributed by atoms with Crippen LogP contribution < -0.4 is 5.32 Å². The lowest BCUT2D eigenvalue weighted by atomic mass is 9.89. The highest BCUT2D eigenvalue weighted by Gasteiger charge is 2.15. The van der Waals surface area contributed by atoms with E-state index in [1.165, 1.54) is 43.9 Å². The van der Waals surface area contributed by atoms with E-state index in [1.807, 2.05) is 19.9 Å². The topological polar surface area (TPSA) is 65.8 Å². The second-order valence-corrected chi connectivity index (χ2v) is 6.93. The van der Waals surface area contributed by atoms with Crippen molar-refractivity contribution in [2.24, 2.45) is 5.92 Å². The highest BCUT2D eigenvalue weighted by molar-refractivity contribution is 8.00. The normalized spacial score (nSPS) is 15.3. The van der Waals surface area contributed by atoms with Gasteiger partial charge in [0, 0.05) is 12.2 Å². The maximum absolute atomic E-state index is 12.0. The maximum atomic E-state index is 12.0. The van der Waals surface area contributed by atoms with Crippen LogP contribution in [0.15, 0.2) is 11.1 Å². The molecule has 1 aliphatic rings. The summed E-state index contributed by atoms with van der Waals surface area (Å²) in [5.74, 6) is 0.981. The lowest BCUT2D eigenvalue weighted by molar-refractivity contribution is -0.118. The molecule has 0 radical (unpaired) electrons. The highest BCUT2D eigenvalue weighted by Crippen LogP contribution is 2.24. The maximum Gasteiger partial charge on any atom is 0.230 e. The van der Waals surface area contributed by atoms with Crippen LogP contribution in [-0.4, -0.2) is 23.2 Å². The summed E-state index contributed by atoms with van der Waals surface area (Å²) in [6, 6.07) is 4.08. The Bertz CT molecular complexity index is 574. The molecule has 118 valence electrons. The smallest absolute Gasteiger partial charge is 0.230 e. The highest BCUT2D eigenvalue weighted by atomic mass is 32.2. The predicted molar refractivity (Wildman–Crippen MR) is 88.7 cm³/mol. The molecular formula is C17H23N3OS. The number of nitrogens with zero attached hydrogens (tertiary/aromatic N) is 2. The first-order valence-electron chi connectivity index (χ1n) is 7.88. The number of aryl methyl sites for hydroxylation is 2. The third kappa shape index (κ3) is 4.74. The number of hydrogen-bond donors (Lipinski definition) is 1. The van der Waals surface area contributed by atoms with Gasteiger partial charge in [0.2, 0.25) is 5.91 Å². The van der Waals surface area contributed by atoms with Gasteiger partial charge in [-0.2, -0.15) is 5.26 Å². The molecule has 1 N–H and O–H groups in total. The number of pyridine rings is 1. The Morgan fingerprint density at radius 3 is 2.82 bits per heavy atom. The average molecular weight is 317 g/mol. The van der Waals surface area contributed by atoms with Gasteiger partial charge in [-0.25, -0.2) is 4.98 Å². The zero-order valence-corrected chi connectivity index (χ0v) is 14.1. The van der Waals surface area contributed by atoms with Crippen molar-refractivity contribution in [1.82, 2.24) is 10.3 Å². The lowest BCUT2D eigenvalue weighted by Crippen LogP contribution is -2.31. The monoisotopic (exact) mass is 317 g/mol. The molecule has 4 nitrogen and oxygen atoms in total. The minimum atomic E-state index is 0.0282. The number of amides is 1. The van der Waals surface area contributed by atoms with Gasteiger partial charge in [-0.1, -0.05) is 31.0 Å². The SMILES string of the molecule is Cc1cc(C)c(C#N)c(SCC(=O)NCC2CCCCC2)n1. The summed E-state index contributed by atoms with van der Waals surface area (Å²) in [4.78, 5) is 16.4. The van der Waals surface area contributed by atoms with Gasteiger partial charge in [0.25, 0.3) is 0 Å². The Labute approximate surface area is 136 Å². The fourth-order valence-electron chi connectivity index (χ4n) is 2.88. The van der Waals surface area contributed by atoms with E-state index in [0.717, 1.165) is 17.8 Å². The second kappa shape index (κ2) is 8.19. The summed E-state index contributed by atoms with van der Waals surface area (Å²) < 4.78 is 0. The minimum Gasteiger partial charge on any atom is -0.355 e. The number of carbonyl (C=O) groups excluding carboxylic acids is 1. The largest absolute Gasteiger partial charge is 0.355 e. The summed E-state index contributed by atoms with van der Waals surface area (Å²) in [5, 5.41) is 12.9. The van der Waals surface area contributed by atoms with Gasteiger partial charge in [0.15, 0.2) is 0 Å². The van der Waals surface area contributed by atoms with Gasteiger partial charge in [0.05, 0.1) is 11.3 Å². The Kier molecular flexibility index (Phi) is 6.26. The number of nitrogens with one attached hydrogen (secondary N) is 1. The Morgan fingerprint density at radius 1 is 1.41 bits per heavy atom. The zero-order valence-electron chi connectivity index (χ0n) is 13.3. The van der Waals surface area contributed by atoms with Crippen molar-refractivity contribution in [3.05, 3.63) is 22.9 Å². The van der Waals surface area contributed by atoms with Gasteiger partial charge in [-0.15, -0.1) is 0 Å². The molecule has 5 heteroatoms. The number of rotatable bonds is 5. The van der Waals surface area contributed by atoms with E-state index >= 15 is 0 Å². The van der Waals surface area contributed by atoms with Gasteiger partial charge in [-0.05, 0) is 44.2 Å². The van der Waals surface area contributed by atoms with Crippen LogP contribution in [-0.2, 0) is 4.79 Å². The van der Waals surface area contributed by atoms with Crippen LogP contribution in [0, 0.1) is 31.1 Å². The number of nitriles is 1. The average Bonchev–Trinajstić information content (AvgIpc) is 2.51. The molecular weight excluding hydrogens is 294 g/mol. The van der Waals surface area contributed by atoms with Gasteiger partial charge in [-0.3, -0.25) is 4.79 Å². The molecule has 2 rings (SSSR count). The van der Waals surface area contributed by atoms with Crippen molar-refractivity contribution in [3.63, 3.8) is 0 Å². The third-order valence-electron chi connectivity index (χ3n) is 4.08. The fourth-order valence-corrected chi connectivity index (χ4v) is 3.81. The minimum absolute atomic E-state index is 0.0282. The van der Waals surface area contributed by atoms with Gasteiger partial charge >= 0.3 is 0 Å². The lowest BCUT2D eigenvalue weighted by Gasteiger charge is -2.21. The van der Waals surface area contributed by atoms with Gasteiger partial charge < -0.3 is 5.32 Å². The van der Waals surface area contributed by atoms with Crippen LogP contribution in [0.5, 0.6) is 0 Å². The first-order valence-corrected chi connectivity index (χ1v) is 8.86. The van der Waals surface area contributed by atoms with Crippen molar-refractivity contribution in [3.8, 4) is 6.07 Å². The van der Waals surface area contributed by atoms with E-state index in [1.54, 1.807) is 0 Å². The molecule has 0 saturated heterocycles. The molecule has 22 heavy (non-hydrogen) atoms. The molecule has 1 aliphatic carbocycles. The van der Waals surface area contributed by atoms with E-state index in [4.69, 9.17) is 0 Å². The molecule has 1 heterocycles. The Morgan fingerprint density at radius 2 is 2.14 bits per heavy atom. The molecule has 0 bridgehead atoms. The predicted octanol–water partition coefficient (Wildman–Crippen LogP) is 3.36. The first-order chi connectivity index (χ1) is 10.6. The van der Waals surface area contributed by atoms with Crippen LogP contribution in [0.1, 0.15) is 48.9 Å². The molecule has 0 aliphatic heterocycles. The molecule has 1 amide bonds. The van der Waals surface area contributed by atoms with E-state index < -0.39 is 0 Å². The zero-order chi connectivity index (χ0) is 15.9. The van der Waals surface area contributed by atoms with Crippen molar-refractivity contribution in [2.75, 3.05) is 12.3 Å². The number of hydrogen-bond acceptors (Lipinski definition) is 4. The summed E-state index contributed by atoms with van der Waals surface area (Å²) in [7, 11) is 0. The molecule has 0 atom stereocenters. The van der Waals surface area contributed by atoms with Crippen LogP contribution >= 0.6 is 11.8 Å². The molecule has 1 aromatic rings. The van der Waals surface area contributed by atoms with E-state index in [0.29, 0.717) is 22.3 Å². The number of thioether (sulfide) groups is 1. The van der Waals surface area contributed by atoms with Crippen LogP contribution in [0.4, 0.5) is 0 Å². The molecule has 0 spiro atoms. The van der Waals surface area contributed by atoms with Crippen molar-refractivity contribution < 1.29 is 4.79 Å². The summed E-state index contributed by atoms with van der Waals surface area (Å²) in [5.41, 5.74) is 2.37. The molecule has 1 fully saturated rings. The van der Waals surface area contributed by atoms with Crippen molar-refractivity contribution in [2.45, 2.75) is 51.0 Å². The van der Waals surface area contributed by atoms with E-state index in [9.17, 15) is 10.1 Å². The Hall–Kier alpha value is -1.54. The van der Waals surface area contributed by atoms with Crippen molar-refractivity contribution >= 4 is 17.7 Å². The third-order valence-corrected chi connectivity index (χ3v) is 5.05. The summed E-state index contributed by atoms with van der Waals surface area (Å²) in [6.45, 7) is 4.59. The molecule has 1 saturated carbocycles. The molecule has 0 aromatic carbocycles. The fraction of sp³-hybridized carbons (Fsp3) is 0.588. The molecule has 0 unspecified atom stereocenters. The van der Waals surface area contributed by atoms with Crippen LogP contribution in [0.3, 0.4) is 0 Å². The van der Waals surface area contributed by atoms with Crippen molar-refractivity contribution in [1.29, 1.82) is 5.26 Å². The Balaban J connectivity index is 1.84. The summed E-state index contributed by atoms with van der Waals surface area (Å²) in [6.07, 6.45) is 6.35. The number of aromatic nitrogens is 1. The van der Waals surface area contributed by atoms with Crippen LogP contribution in [0.25, 0.3) is 0 Å². The van der Waals surface area contributed by atoms with Gasteiger partial charge in [0.1, 0.15) is 11.1 Å². The second-order valence-electron chi connectivity index (χ2n) is 5.97. The van der Waals surface area contributed by atoms with E-state index in [2.05, 4.69) is 16.4 Å². The standard InChI is InChI=1S/C17H23N3OS/c1-12-8-13(2)20-17(15(12)9-18)22-11-16(21)19-10-14-6-4-3-5-7-14/h8,14H,3-7,10-11H2,1-2H3,(H,19,21). The quantitative estimate of drug-likeness (QED) is 0.846. The van der Waals surface area contributed by atoms with E-state index in [-0.39, 0.29) is 5.91 Å². The summed E-state index contributed by atoms with van der Waals surface area (Å²) >= 11 is 1.35.